The Morgan fingerprint density at radius 3 is 2.66 bits per heavy atom. The van der Waals surface area contributed by atoms with Crippen molar-refractivity contribution in [3.05, 3.63) is 46.5 Å². The molecule has 1 aliphatic heterocycles. The normalized spacial score (nSPS) is 37.5. The summed E-state index contributed by atoms with van der Waals surface area (Å²) < 4.78 is 17.0. The van der Waals surface area contributed by atoms with Crippen molar-refractivity contribution in [3.63, 3.8) is 0 Å². The lowest BCUT2D eigenvalue weighted by Crippen LogP contribution is -2.55. The molecule has 3 saturated carbocycles. The van der Waals surface area contributed by atoms with Crippen molar-refractivity contribution < 1.29 is 29.2 Å². The Bertz CT molecular complexity index is 1170. The number of carbonyl (C=O) groups excluding carboxylic acids is 1. The molecule has 0 aromatic heterocycles. The Morgan fingerprint density at radius 1 is 1.16 bits per heavy atom. The fraction of sp³-hybridized carbons (Fsp3) is 0.645. The lowest BCUT2D eigenvalue weighted by molar-refractivity contribution is -0.295. The number of benzene rings is 1. The Hall–Kier alpha value is -1.88. The Morgan fingerprint density at radius 2 is 1.92 bits per heavy atom. The van der Waals surface area contributed by atoms with Gasteiger partial charge >= 0.3 is 5.43 Å². The third kappa shape index (κ3) is 4.51. The molecule has 6 atom stereocenters. The van der Waals surface area contributed by atoms with Crippen molar-refractivity contribution in [2.24, 2.45) is 17.3 Å². The molecule has 1 aromatic carbocycles. The zero-order valence-corrected chi connectivity index (χ0v) is 22.8. The quantitative estimate of drug-likeness (QED) is 0.295. The lowest BCUT2D eigenvalue weighted by Gasteiger charge is -2.56. The maximum Gasteiger partial charge on any atom is 0.404 e. The molecule has 1 aromatic rings. The van der Waals surface area contributed by atoms with E-state index in [4.69, 9.17) is 21.1 Å². The van der Waals surface area contributed by atoms with E-state index >= 15 is 0 Å². The number of fused-ring (bicyclic) bond motifs is 4. The first-order valence-electron chi connectivity index (χ1n) is 14.1. The molecule has 1 saturated heterocycles. The Balaban J connectivity index is 1.36. The highest BCUT2D eigenvalue weighted by molar-refractivity contribution is 6.61. The van der Waals surface area contributed by atoms with Gasteiger partial charge in [-0.05, 0) is 85.5 Å². The van der Waals surface area contributed by atoms with E-state index in [0.717, 1.165) is 56.9 Å². The van der Waals surface area contributed by atoms with Crippen molar-refractivity contribution in [2.45, 2.75) is 88.1 Å². The highest BCUT2D eigenvalue weighted by Gasteiger charge is 2.60. The number of aliphatic hydroxyl groups is 2. The molecule has 5 aliphatic rings. The summed E-state index contributed by atoms with van der Waals surface area (Å²) >= 11 is 5.20. The number of aliphatic hydroxyl groups excluding tert-OH is 1. The third-order valence-corrected chi connectivity index (χ3v) is 10.3. The van der Waals surface area contributed by atoms with Crippen molar-refractivity contribution in [1.82, 2.24) is 0 Å². The number of ether oxygens (including phenoxy) is 3. The predicted octanol–water partition coefficient (Wildman–Crippen LogP) is 5.43. The van der Waals surface area contributed by atoms with Gasteiger partial charge in [0.2, 0.25) is 0 Å². The van der Waals surface area contributed by atoms with E-state index in [-0.39, 0.29) is 24.0 Å². The van der Waals surface area contributed by atoms with Crippen LogP contribution < -0.4 is 0 Å². The molecule has 204 valence electrons. The molecule has 6 rings (SSSR count). The molecule has 0 amide bonds. The van der Waals surface area contributed by atoms with Crippen molar-refractivity contribution in [1.29, 1.82) is 0 Å². The summed E-state index contributed by atoms with van der Waals surface area (Å²) in [7, 11) is 0. The minimum absolute atomic E-state index is 0.0459. The van der Waals surface area contributed by atoms with Crippen LogP contribution in [0.3, 0.4) is 0 Å². The average Bonchev–Trinajstić information content (AvgIpc) is 3.20. The van der Waals surface area contributed by atoms with Crippen LogP contribution in [0.25, 0.3) is 0 Å². The summed E-state index contributed by atoms with van der Waals surface area (Å²) in [5.41, 5.74) is 2.75. The van der Waals surface area contributed by atoms with Gasteiger partial charge in [0.25, 0.3) is 0 Å². The van der Waals surface area contributed by atoms with E-state index < -0.39 is 16.8 Å². The molecule has 38 heavy (non-hydrogen) atoms. The number of rotatable bonds is 2. The highest BCUT2D eigenvalue weighted by atomic mass is 35.5. The molecule has 7 heteroatoms. The molecule has 4 fully saturated rings. The Labute approximate surface area is 229 Å². The standard InChI is InChI=1S/C31H37ClO6/c1-29-18-23(21-7-5-20(6-8-21)4-2-15-36-28(32)34)27-22(24(29)9-10-26(29)33)11-13-30(35)19-31(14-12-25(27)30)37-16-3-17-38-31/h5-8,22-24,26,33,35H,3,9-19H2,1H3. The van der Waals surface area contributed by atoms with Crippen LogP contribution in [0.4, 0.5) is 4.79 Å². The number of halogens is 1. The minimum Gasteiger partial charge on any atom is -0.440 e. The topological polar surface area (TPSA) is 85.2 Å². The summed E-state index contributed by atoms with van der Waals surface area (Å²) in [6.07, 6.45) is 7.09. The van der Waals surface area contributed by atoms with E-state index in [1.807, 2.05) is 12.1 Å². The molecule has 1 heterocycles. The van der Waals surface area contributed by atoms with Gasteiger partial charge in [0, 0.05) is 35.9 Å². The molecule has 0 radical (unpaired) electrons. The first-order chi connectivity index (χ1) is 18.2. The number of carbonyl (C=O) groups is 1. The second-order valence-corrected chi connectivity index (χ2v) is 12.5. The number of hydrogen-bond donors (Lipinski definition) is 2. The summed E-state index contributed by atoms with van der Waals surface area (Å²) in [5, 5.41) is 23.3. The van der Waals surface area contributed by atoms with Crippen LogP contribution in [-0.4, -0.2) is 53.0 Å². The minimum atomic E-state index is -0.907. The number of allylic oxidation sites excluding steroid dienone is 1. The van der Waals surface area contributed by atoms with Crippen LogP contribution in [0, 0.1) is 29.1 Å². The van der Waals surface area contributed by atoms with Crippen LogP contribution in [0.5, 0.6) is 0 Å². The van der Waals surface area contributed by atoms with Gasteiger partial charge in [-0.25, -0.2) is 4.79 Å². The fourth-order valence-electron chi connectivity index (χ4n) is 8.43. The maximum atomic E-state index is 12.1. The largest absolute Gasteiger partial charge is 0.440 e. The average molecular weight is 541 g/mol. The summed E-state index contributed by atoms with van der Waals surface area (Å²) in [6, 6.07) is 8.25. The van der Waals surface area contributed by atoms with Crippen LogP contribution in [0.1, 0.15) is 81.8 Å². The lowest BCUT2D eigenvalue weighted by atomic mass is 9.51. The van der Waals surface area contributed by atoms with Gasteiger partial charge in [-0.2, -0.15) is 0 Å². The maximum absolute atomic E-state index is 12.1. The van der Waals surface area contributed by atoms with Crippen LogP contribution in [0.2, 0.25) is 0 Å². The predicted molar refractivity (Wildman–Crippen MR) is 143 cm³/mol. The van der Waals surface area contributed by atoms with Crippen molar-refractivity contribution >= 4 is 17.0 Å². The zero-order chi connectivity index (χ0) is 26.5. The van der Waals surface area contributed by atoms with Gasteiger partial charge in [-0.15, -0.1) is 0 Å². The Kier molecular flexibility index (Phi) is 6.90. The molecule has 1 spiro atoms. The molecular weight excluding hydrogens is 504 g/mol. The third-order valence-electron chi connectivity index (χ3n) is 10.2. The second-order valence-electron chi connectivity index (χ2n) is 12.2. The van der Waals surface area contributed by atoms with Gasteiger partial charge in [-0.3, -0.25) is 0 Å². The smallest absolute Gasteiger partial charge is 0.404 e. The van der Waals surface area contributed by atoms with Gasteiger partial charge in [0.1, 0.15) is 0 Å². The molecule has 0 bridgehead atoms. The first kappa shape index (κ1) is 26.3. The zero-order valence-electron chi connectivity index (χ0n) is 22.0. The highest BCUT2D eigenvalue weighted by Crippen LogP contribution is 2.65. The summed E-state index contributed by atoms with van der Waals surface area (Å²) in [4.78, 5) is 10.8. The molecule has 6 unspecified atom stereocenters. The van der Waals surface area contributed by atoms with Crippen LogP contribution in [-0.2, 0) is 14.2 Å². The molecule has 6 nitrogen and oxygen atoms in total. The molecule has 4 aliphatic carbocycles. The van der Waals surface area contributed by atoms with Crippen LogP contribution >= 0.6 is 11.6 Å². The first-order valence-corrected chi connectivity index (χ1v) is 14.4. The van der Waals surface area contributed by atoms with Gasteiger partial charge in [-0.1, -0.05) is 36.5 Å². The van der Waals surface area contributed by atoms with E-state index in [0.29, 0.717) is 31.5 Å². The van der Waals surface area contributed by atoms with Crippen molar-refractivity contribution in [2.75, 3.05) is 19.8 Å². The van der Waals surface area contributed by atoms with E-state index in [1.54, 1.807) is 0 Å². The SMILES string of the molecule is CC12CC(c3ccc(C#CCOC(=O)Cl)cc3)C3=C4CCC5(CC4(O)CCC3C1CCC2O)OCCCO5. The molecular formula is C31H37ClO6. The second kappa shape index (κ2) is 9.94. The van der Waals surface area contributed by atoms with Crippen LogP contribution in [0.15, 0.2) is 35.4 Å². The van der Waals surface area contributed by atoms with Gasteiger partial charge < -0.3 is 24.4 Å². The fourth-order valence-corrected chi connectivity index (χ4v) is 8.49. The van der Waals surface area contributed by atoms with E-state index in [9.17, 15) is 15.0 Å². The summed E-state index contributed by atoms with van der Waals surface area (Å²) in [6.45, 7) is 3.61. The number of hydrogen-bond acceptors (Lipinski definition) is 6. The van der Waals surface area contributed by atoms with Gasteiger partial charge in [0.15, 0.2) is 12.4 Å². The van der Waals surface area contributed by atoms with Crippen molar-refractivity contribution in [3.8, 4) is 11.8 Å². The monoisotopic (exact) mass is 540 g/mol. The summed E-state index contributed by atoms with van der Waals surface area (Å²) in [5.74, 6) is 6.12. The van der Waals surface area contributed by atoms with E-state index in [1.165, 1.54) is 16.7 Å². The van der Waals surface area contributed by atoms with Gasteiger partial charge in [0.05, 0.1) is 24.9 Å². The molecule has 2 N–H and O–H groups in total. The van der Waals surface area contributed by atoms with E-state index in [2.05, 4.69) is 35.6 Å².